The average molecular weight is 1030 g/mol. The van der Waals surface area contributed by atoms with Gasteiger partial charge in [0, 0.05) is 12.8 Å². The van der Waals surface area contributed by atoms with Gasteiger partial charge in [-0.05, 0) is 109 Å². The highest BCUT2D eigenvalue weighted by Gasteiger charge is 2.30. The largest absolute Gasteiger partial charge is 0.472 e. The number of carbonyl (C=O) groups excluding carboxylic acids is 2. The molecule has 0 rings (SSSR count). The topological polar surface area (TPSA) is 111 Å². The molecule has 0 heterocycles. The zero-order valence-electron chi connectivity index (χ0n) is 47.1. The van der Waals surface area contributed by atoms with Gasteiger partial charge in [-0.25, -0.2) is 4.57 Å². The molecule has 1 amide bonds. The first-order valence-corrected chi connectivity index (χ1v) is 30.6. The summed E-state index contributed by atoms with van der Waals surface area (Å²) in [4.78, 5) is 37.6. The molecular formula is C62H110N2O7P+. The van der Waals surface area contributed by atoms with Crippen LogP contribution in [0.4, 0.5) is 0 Å². The lowest BCUT2D eigenvalue weighted by molar-refractivity contribution is -0.870. The second-order valence-corrected chi connectivity index (χ2v) is 21.9. The minimum atomic E-state index is -4.46. The fourth-order valence-electron chi connectivity index (χ4n) is 7.76. The first kappa shape index (κ1) is 68.9. The number of likely N-dealkylation sites (N-methyl/N-ethyl adjacent to an activating group) is 1. The quantitative estimate of drug-likeness (QED) is 0.0205. The van der Waals surface area contributed by atoms with Crippen LogP contribution in [0.1, 0.15) is 233 Å². The molecule has 0 aromatic heterocycles. The summed E-state index contributed by atoms with van der Waals surface area (Å²) in [5.41, 5.74) is 0. The number of hydrogen-bond acceptors (Lipinski definition) is 6. The third kappa shape index (κ3) is 51.8. The molecule has 0 aliphatic rings. The Balaban J connectivity index is 5.38. The molecule has 9 nitrogen and oxygen atoms in total. The summed E-state index contributed by atoms with van der Waals surface area (Å²) < 4.78 is 30.6. The molecule has 0 aliphatic heterocycles. The van der Waals surface area contributed by atoms with Crippen molar-refractivity contribution in [3.8, 4) is 0 Å². The van der Waals surface area contributed by atoms with E-state index < -0.39 is 20.0 Å². The van der Waals surface area contributed by atoms with Gasteiger partial charge in [-0.3, -0.25) is 18.6 Å². The van der Waals surface area contributed by atoms with E-state index in [9.17, 15) is 19.0 Å². The van der Waals surface area contributed by atoms with E-state index in [4.69, 9.17) is 13.8 Å². The highest BCUT2D eigenvalue weighted by molar-refractivity contribution is 7.47. The molecule has 0 fully saturated rings. The van der Waals surface area contributed by atoms with E-state index in [0.717, 1.165) is 103 Å². The Morgan fingerprint density at radius 3 is 1.38 bits per heavy atom. The average Bonchev–Trinajstić information content (AvgIpc) is 3.34. The van der Waals surface area contributed by atoms with Crippen molar-refractivity contribution >= 4 is 19.7 Å². The molecule has 3 atom stereocenters. The van der Waals surface area contributed by atoms with E-state index in [1.54, 1.807) is 0 Å². The predicted octanol–water partition coefficient (Wildman–Crippen LogP) is 17.6. The highest BCUT2D eigenvalue weighted by Crippen LogP contribution is 2.43. The number of esters is 1. The molecular weight excluding hydrogens is 916 g/mol. The molecule has 0 aliphatic carbocycles. The lowest BCUT2D eigenvalue weighted by atomic mass is 10.1. The Bertz CT molecular complexity index is 1560. The maximum Gasteiger partial charge on any atom is 0.472 e. The number of carbonyl (C=O) groups is 2. The van der Waals surface area contributed by atoms with Crippen LogP contribution in [0.25, 0.3) is 0 Å². The third-order valence-electron chi connectivity index (χ3n) is 12.3. The van der Waals surface area contributed by atoms with Crippen LogP contribution in [0.3, 0.4) is 0 Å². The molecule has 72 heavy (non-hydrogen) atoms. The van der Waals surface area contributed by atoms with Crippen LogP contribution in [0, 0.1) is 0 Å². The number of unbranched alkanes of at least 4 members (excludes halogenated alkanes) is 21. The molecule has 10 heteroatoms. The number of nitrogens with zero attached hydrogens (tertiary/aromatic N) is 1. The minimum Gasteiger partial charge on any atom is -0.456 e. The van der Waals surface area contributed by atoms with E-state index >= 15 is 0 Å². The van der Waals surface area contributed by atoms with Gasteiger partial charge in [0.25, 0.3) is 0 Å². The van der Waals surface area contributed by atoms with Gasteiger partial charge in [0.05, 0.1) is 33.8 Å². The van der Waals surface area contributed by atoms with Crippen LogP contribution < -0.4 is 5.32 Å². The van der Waals surface area contributed by atoms with Crippen LogP contribution in [0.2, 0.25) is 0 Å². The molecule has 0 spiro atoms. The number of nitrogens with one attached hydrogen (secondary N) is 1. The standard InChI is InChI=1S/C62H109N2O7P/c1-7-10-13-16-19-22-25-27-29-31-32-33-35-37-40-43-46-49-52-55-62(66)71-60(53-50-47-44-41-38-24-21-18-15-12-9-3)59(58-70-72(67,68)69-57-56-64(4,5)6)63-61(65)54-51-48-45-42-39-36-34-30-28-26-23-20-17-14-11-8-2/h11,14,19-20,22-23,27-30,32-33,36,39,50,53,59-60H,7-10,12-13,15-18,21,24-26,31,34-35,37-38,40-49,51-52,54-58H2,1-6H3,(H-,63,65,67,68)/p+1/b14-11+,22-19-,23-20+,29-27-,30-28+,33-32-,39-36+,53-50+. The molecule has 2 N–H and O–H groups in total. The Morgan fingerprint density at radius 2 is 0.889 bits per heavy atom. The molecule has 0 aromatic carbocycles. The number of phosphoric acid groups is 1. The van der Waals surface area contributed by atoms with E-state index in [0.29, 0.717) is 23.9 Å². The highest BCUT2D eigenvalue weighted by atomic mass is 31.2. The number of allylic oxidation sites excluding steroid dienone is 15. The molecule has 0 saturated heterocycles. The summed E-state index contributed by atoms with van der Waals surface area (Å²) in [6.45, 7) is 6.81. The Morgan fingerprint density at radius 1 is 0.500 bits per heavy atom. The van der Waals surface area contributed by atoms with Crippen molar-refractivity contribution < 1.29 is 37.3 Å². The van der Waals surface area contributed by atoms with E-state index in [1.807, 2.05) is 33.3 Å². The molecule has 0 radical (unpaired) electrons. The normalized spacial score (nSPS) is 14.5. The lowest BCUT2D eigenvalue weighted by Crippen LogP contribution is -2.47. The first-order chi connectivity index (χ1) is 34.9. The van der Waals surface area contributed by atoms with Crippen LogP contribution in [-0.4, -0.2) is 74.3 Å². The Hall–Kier alpha value is -3.07. The van der Waals surface area contributed by atoms with Crippen molar-refractivity contribution in [1.82, 2.24) is 5.32 Å². The van der Waals surface area contributed by atoms with Crippen LogP contribution >= 0.6 is 7.82 Å². The Labute approximate surface area is 443 Å². The summed E-state index contributed by atoms with van der Waals surface area (Å²) in [5, 5.41) is 3.02. The van der Waals surface area contributed by atoms with Crippen molar-refractivity contribution in [2.45, 2.75) is 245 Å². The maximum atomic E-state index is 13.5. The summed E-state index contributed by atoms with van der Waals surface area (Å²) in [5.74, 6) is -0.563. The van der Waals surface area contributed by atoms with Gasteiger partial charge in [0.15, 0.2) is 0 Å². The fourth-order valence-corrected chi connectivity index (χ4v) is 8.50. The van der Waals surface area contributed by atoms with Crippen molar-refractivity contribution in [2.75, 3.05) is 40.9 Å². The summed E-state index contributed by atoms with van der Waals surface area (Å²) in [6, 6.07) is -0.875. The van der Waals surface area contributed by atoms with Gasteiger partial charge in [-0.2, -0.15) is 0 Å². The second-order valence-electron chi connectivity index (χ2n) is 20.4. The first-order valence-electron chi connectivity index (χ1n) is 29.1. The van der Waals surface area contributed by atoms with Crippen molar-refractivity contribution in [3.05, 3.63) is 97.2 Å². The molecule has 0 saturated carbocycles. The summed E-state index contributed by atoms with van der Waals surface area (Å²) in [6.07, 6.45) is 68.3. The van der Waals surface area contributed by atoms with Gasteiger partial charge >= 0.3 is 13.8 Å². The Kier molecular flexibility index (Phi) is 49.2. The number of ether oxygens (including phenoxy) is 1. The van der Waals surface area contributed by atoms with Crippen LogP contribution in [-0.2, 0) is 27.9 Å². The smallest absolute Gasteiger partial charge is 0.456 e. The number of phosphoric ester groups is 1. The van der Waals surface area contributed by atoms with Gasteiger partial charge in [-0.1, -0.05) is 208 Å². The number of hydrogen-bond donors (Lipinski definition) is 2. The number of quaternary nitrogens is 1. The van der Waals surface area contributed by atoms with Crippen LogP contribution in [0.15, 0.2) is 97.2 Å². The van der Waals surface area contributed by atoms with Crippen molar-refractivity contribution in [1.29, 1.82) is 0 Å². The monoisotopic (exact) mass is 1030 g/mol. The summed E-state index contributed by atoms with van der Waals surface area (Å²) in [7, 11) is 1.45. The van der Waals surface area contributed by atoms with Gasteiger partial charge in [0.2, 0.25) is 5.91 Å². The predicted molar refractivity (Wildman–Crippen MR) is 309 cm³/mol. The summed E-state index contributed by atoms with van der Waals surface area (Å²) >= 11 is 0. The zero-order valence-corrected chi connectivity index (χ0v) is 48.0. The number of rotatable bonds is 51. The molecule has 0 bridgehead atoms. The third-order valence-corrected chi connectivity index (χ3v) is 13.2. The fraction of sp³-hybridized carbons (Fsp3) is 0.710. The van der Waals surface area contributed by atoms with Gasteiger partial charge in [0.1, 0.15) is 19.3 Å². The molecule has 0 aromatic rings. The zero-order chi connectivity index (χ0) is 52.9. The van der Waals surface area contributed by atoms with E-state index in [1.165, 1.54) is 83.5 Å². The van der Waals surface area contributed by atoms with Gasteiger partial charge in [-0.15, -0.1) is 0 Å². The van der Waals surface area contributed by atoms with Gasteiger partial charge < -0.3 is 19.4 Å². The minimum absolute atomic E-state index is 0.0267. The lowest BCUT2D eigenvalue weighted by Gasteiger charge is -2.27. The maximum absolute atomic E-state index is 13.5. The van der Waals surface area contributed by atoms with Crippen LogP contribution in [0.5, 0.6) is 0 Å². The van der Waals surface area contributed by atoms with E-state index in [2.05, 4.69) is 111 Å². The second kappa shape index (κ2) is 51.4. The number of amides is 1. The van der Waals surface area contributed by atoms with Crippen molar-refractivity contribution in [3.63, 3.8) is 0 Å². The molecule has 3 unspecified atom stereocenters. The van der Waals surface area contributed by atoms with E-state index in [-0.39, 0.29) is 37.9 Å². The van der Waals surface area contributed by atoms with Crippen molar-refractivity contribution in [2.24, 2.45) is 0 Å². The molecule has 414 valence electrons. The SMILES string of the molecule is CC/C=C/C/C=C/C/C=C/C/C=C/CCCCCC(=O)NC(COP(=O)(O)OCC[N+](C)(C)C)C(/C=C/CCCCCCCCCCC)OC(=O)CCCCCCCC/C=C\C/C=C\C/C=C\CCCCC.